The van der Waals surface area contributed by atoms with Gasteiger partial charge in [-0.2, -0.15) is 0 Å². The van der Waals surface area contributed by atoms with Gasteiger partial charge in [0.05, 0.1) is 36.1 Å². The summed E-state index contributed by atoms with van der Waals surface area (Å²) in [6.07, 6.45) is 1.48. The van der Waals surface area contributed by atoms with Crippen LogP contribution in [0.15, 0.2) is 71.6 Å². The largest absolute Gasteiger partial charge is 0.480 e. The van der Waals surface area contributed by atoms with E-state index >= 15 is 0 Å². The number of nitrogens with one attached hydrogen (secondary N) is 2. The number of pyridine rings is 1. The van der Waals surface area contributed by atoms with Gasteiger partial charge in [0.15, 0.2) is 4.90 Å². The third-order valence-corrected chi connectivity index (χ3v) is 7.62. The Morgan fingerprint density at radius 1 is 1.11 bits per heavy atom. The van der Waals surface area contributed by atoms with Gasteiger partial charge in [0, 0.05) is 16.0 Å². The van der Waals surface area contributed by atoms with Crippen molar-refractivity contribution in [3.05, 3.63) is 88.5 Å². The quantitative estimate of drug-likeness (QED) is 0.277. The van der Waals surface area contributed by atoms with Crippen molar-refractivity contribution >= 4 is 50.0 Å². The van der Waals surface area contributed by atoms with Crippen LogP contribution in [0.3, 0.4) is 0 Å². The molecule has 0 fully saturated rings. The second kappa shape index (κ2) is 10.1. The van der Waals surface area contributed by atoms with Crippen LogP contribution in [-0.4, -0.2) is 25.5 Å². The lowest BCUT2D eigenvalue weighted by molar-refractivity contribution is 0.385. The highest BCUT2D eigenvalue weighted by molar-refractivity contribution is 7.92. The number of rotatable bonds is 8. The van der Waals surface area contributed by atoms with Gasteiger partial charge >= 0.3 is 0 Å². The highest BCUT2D eigenvalue weighted by Gasteiger charge is 2.23. The van der Waals surface area contributed by atoms with E-state index in [1.165, 1.54) is 30.7 Å². The molecule has 180 valence electrons. The maximum absolute atomic E-state index is 13.3. The van der Waals surface area contributed by atoms with Crippen molar-refractivity contribution in [1.29, 1.82) is 0 Å². The van der Waals surface area contributed by atoms with Crippen molar-refractivity contribution in [1.82, 2.24) is 9.97 Å². The summed E-state index contributed by atoms with van der Waals surface area (Å²) in [5.41, 5.74) is 4.45. The van der Waals surface area contributed by atoms with Crippen molar-refractivity contribution in [2.24, 2.45) is 0 Å². The van der Waals surface area contributed by atoms with Crippen LogP contribution in [0.5, 0.6) is 5.88 Å². The van der Waals surface area contributed by atoms with Gasteiger partial charge in [-0.15, -0.1) is 11.3 Å². The Bertz CT molecular complexity index is 1480. The lowest BCUT2D eigenvalue weighted by Gasteiger charge is -2.16. The maximum Gasteiger partial charge on any atom is 0.267 e. The molecule has 0 bridgehead atoms. The van der Waals surface area contributed by atoms with Gasteiger partial charge < -0.3 is 10.1 Å². The smallest absolute Gasteiger partial charge is 0.267 e. The first-order valence-electron chi connectivity index (χ1n) is 10.5. The van der Waals surface area contributed by atoms with E-state index in [-0.39, 0.29) is 10.8 Å². The zero-order valence-electron chi connectivity index (χ0n) is 19.3. The fourth-order valence-corrected chi connectivity index (χ4v) is 5.99. The van der Waals surface area contributed by atoms with E-state index in [0.717, 1.165) is 10.6 Å². The third kappa shape index (κ3) is 5.48. The monoisotopic (exact) mass is 526 g/mol. The first kappa shape index (κ1) is 24.7. The summed E-state index contributed by atoms with van der Waals surface area (Å²) < 4.78 is 34.5. The van der Waals surface area contributed by atoms with Crippen LogP contribution in [0.25, 0.3) is 16.3 Å². The van der Waals surface area contributed by atoms with E-state index in [4.69, 9.17) is 16.3 Å². The Morgan fingerprint density at radius 2 is 1.80 bits per heavy atom. The molecule has 4 aromatic rings. The van der Waals surface area contributed by atoms with Crippen molar-refractivity contribution in [3.63, 3.8) is 0 Å². The average Bonchev–Trinajstić information content (AvgIpc) is 3.33. The molecule has 2 N–H and O–H groups in total. The van der Waals surface area contributed by atoms with E-state index in [1.54, 1.807) is 26.0 Å². The maximum atomic E-state index is 13.3. The zero-order valence-corrected chi connectivity index (χ0v) is 21.7. The van der Waals surface area contributed by atoms with Crippen LogP contribution < -0.4 is 14.8 Å². The molecule has 35 heavy (non-hydrogen) atoms. The van der Waals surface area contributed by atoms with E-state index in [9.17, 15) is 8.42 Å². The summed E-state index contributed by atoms with van der Waals surface area (Å²) in [5.74, 6) is -0.0297. The molecule has 0 atom stereocenters. The Morgan fingerprint density at radius 3 is 2.46 bits per heavy atom. The van der Waals surface area contributed by atoms with Gasteiger partial charge in [-0.1, -0.05) is 48.5 Å². The molecule has 0 saturated heterocycles. The first-order valence-corrected chi connectivity index (χ1v) is 13.2. The lowest BCUT2D eigenvalue weighted by atomic mass is 10.1. The summed E-state index contributed by atoms with van der Waals surface area (Å²) in [7, 11) is -2.66. The molecule has 0 radical (unpaired) electrons. The number of halogens is 1. The van der Waals surface area contributed by atoms with Crippen LogP contribution in [0.4, 0.5) is 11.4 Å². The number of thiazole rings is 1. The fraction of sp³-hybridized carbons (Fsp3) is 0.120. The van der Waals surface area contributed by atoms with Crippen molar-refractivity contribution in [2.45, 2.75) is 18.7 Å². The Hall–Kier alpha value is -3.40. The van der Waals surface area contributed by atoms with Gasteiger partial charge in [0.2, 0.25) is 5.88 Å². The molecule has 10 heteroatoms. The van der Waals surface area contributed by atoms with Crippen molar-refractivity contribution < 1.29 is 13.2 Å². The molecule has 0 aliphatic heterocycles. The number of benzene rings is 2. The number of methoxy groups -OCH3 is 1. The number of ether oxygens (including phenoxy) is 1. The van der Waals surface area contributed by atoms with Gasteiger partial charge in [0.25, 0.3) is 10.0 Å². The van der Waals surface area contributed by atoms with E-state index in [2.05, 4.69) is 26.6 Å². The summed E-state index contributed by atoms with van der Waals surface area (Å²) in [6, 6.07) is 14.7. The molecule has 0 amide bonds. The van der Waals surface area contributed by atoms with E-state index in [0.29, 0.717) is 38.9 Å². The summed E-state index contributed by atoms with van der Waals surface area (Å²) in [4.78, 5) is 8.70. The van der Waals surface area contributed by atoms with Crippen molar-refractivity contribution in [2.75, 3.05) is 17.1 Å². The number of hydrogen-bond acceptors (Lipinski definition) is 7. The molecular formula is C25H23ClN4O3S2. The van der Waals surface area contributed by atoms with Crippen LogP contribution in [0, 0.1) is 13.8 Å². The van der Waals surface area contributed by atoms with Gasteiger partial charge in [0.1, 0.15) is 5.01 Å². The number of aryl methyl sites for hydroxylation is 2. The standard InChI is InChI=1S/C25H23ClN4O3S2/c1-15-10-19(26)11-16(2)23(15)30-35(31,32)22-12-20(13-27-24(22)33-4)28-17(3)21-14-34-25(29-21)18-8-6-5-7-9-18/h5-14,28,30H,3H2,1-2,4H3. The average molecular weight is 527 g/mol. The Labute approximate surface area is 213 Å². The van der Waals surface area contributed by atoms with Crippen LogP contribution in [-0.2, 0) is 10.0 Å². The van der Waals surface area contributed by atoms with E-state index < -0.39 is 10.0 Å². The summed E-state index contributed by atoms with van der Waals surface area (Å²) in [6.45, 7) is 7.62. The molecule has 2 heterocycles. The molecular weight excluding hydrogens is 504 g/mol. The molecule has 2 aromatic carbocycles. The molecule has 4 rings (SSSR count). The molecule has 0 saturated carbocycles. The second-order valence-electron chi connectivity index (χ2n) is 7.76. The third-order valence-electron chi connectivity index (χ3n) is 5.16. The minimum Gasteiger partial charge on any atom is -0.480 e. The lowest BCUT2D eigenvalue weighted by Crippen LogP contribution is -2.16. The number of hydrogen-bond donors (Lipinski definition) is 2. The predicted molar refractivity (Wildman–Crippen MR) is 143 cm³/mol. The summed E-state index contributed by atoms with van der Waals surface area (Å²) >= 11 is 7.58. The first-order chi connectivity index (χ1) is 16.7. The number of anilines is 2. The molecule has 0 unspecified atom stereocenters. The second-order valence-corrected chi connectivity index (χ2v) is 10.7. The molecule has 0 spiro atoms. The molecule has 2 aromatic heterocycles. The Kier molecular flexibility index (Phi) is 7.11. The normalized spacial score (nSPS) is 11.2. The van der Waals surface area contributed by atoms with Gasteiger partial charge in [-0.05, 0) is 43.2 Å². The molecule has 0 aliphatic rings. The van der Waals surface area contributed by atoms with Gasteiger partial charge in [-0.3, -0.25) is 4.72 Å². The highest BCUT2D eigenvalue weighted by atomic mass is 35.5. The number of nitrogens with zero attached hydrogens (tertiary/aromatic N) is 2. The Balaban J connectivity index is 1.61. The van der Waals surface area contributed by atoms with Crippen LogP contribution in [0.2, 0.25) is 5.02 Å². The van der Waals surface area contributed by atoms with Crippen molar-refractivity contribution in [3.8, 4) is 16.5 Å². The fourth-order valence-electron chi connectivity index (χ4n) is 3.47. The number of aromatic nitrogens is 2. The zero-order chi connectivity index (χ0) is 25.2. The van der Waals surface area contributed by atoms with E-state index in [1.807, 2.05) is 35.7 Å². The number of sulfonamides is 1. The minimum absolute atomic E-state index is 0.0297. The molecule has 7 nitrogen and oxygen atoms in total. The minimum atomic E-state index is -4.03. The highest BCUT2D eigenvalue weighted by Crippen LogP contribution is 2.32. The predicted octanol–water partition coefficient (Wildman–Crippen LogP) is 6.37. The SMILES string of the molecule is C=C(Nc1cnc(OC)c(S(=O)(=O)Nc2c(C)cc(Cl)cc2C)c1)c1csc(-c2ccccc2)n1. The molecule has 0 aliphatic carbocycles. The van der Waals surface area contributed by atoms with Gasteiger partial charge in [-0.25, -0.2) is 18.4 Å². The van der Waals surface area contributed by atoms with Crippen LogP contribution >= 0.6 is 22.9 Å². The summed E-state index contributed by atoms with van der Waals surface area (Å²) in [5, 5.41) is 6.38. The topological polar surface area (TPSA) is 93.2 Å². The van der Waals surface area contributed by atoms with Crippen LogP contribution in [0.1, 0.15) is 16.8 Å².